The second kappa shape index (κ2) is 5.39. The Labute approximate surface area is 109 Å². The maximum Gasteiger partial charge on any atom is 0.446 e. The van der Waals surface area contributed by atoms with E-state index in [0.717, 1.165) is 5.56 Å². The number of halogens is 4. The fourth-order valence-electron chi connectivity index (χ4n) is 1.14. The highest BCUT2D eigenvalue weighted by Gasteiger charge is 2.29. The van der Waals surface area contributed by atoms with Gasteiger partial charge in [-0.3, -0.25) is 4.79 Å². The highest BCUT2D eigenvalue weighted by molar-refractivity contribution is 14.1. The average molecular weight is 360 g/mol. The Balaban J connectivity index is 2.87. The van der Waals surface area contributed by atoms with E-state index in [-0.39, 0.29) is 28.9 Å². The van der Waals surface area contributed by atoms with Gasteiger partial charge in [0.2, 0.25) is 0 Å². The molecule has 0 atom stereocenters. The van der Waals surface area contributed by atoms with Gasteiger partial charge in [0, 0.05) is 14.9 Å². The Morgan fingerprint density at radius 2 is 2.06 bits per heavy atom. The van der Waals surface area contributed by atoms with Crippen LogP contribution >= 0.6 is 34.4 Å². The normalized spacial score (nSPS) is 11.6. The van der Waals surface area contributed by atoms with E-state index >= 15 is 0 Å². The summed E-state index contributed by atoms with van der Waals surface area (Å²) in [5, 5.41) is 0. The van der Waals surface area contributed by atoms with Gasteiger partial charge in [-0.15, -0.1) is 0 Å². The third-order valence-corrected chi connectivity index (χ3v) is 3.42. The molecule has 1 aromatic carbocycles. The monoisotopic (exact) mass is 360 g/mol. The van der Waals surface area contributed by atoms with Crippen molar-refractivity contribution in [3.05, 3.63) is 27.3 Å². The van der Waals surface area contributed by atoms with Gasteiger partial charge in [-0.05, 0) is 59.0 Å². The molecule has 1 aromatic rings. The summed E-state index contributed by atoms with van der Waals surface area (Å²) in [6, 6.07) is 4.40. The molecule has 0 heterocycles. The molecule has 0 saturated heterocycles. The highest BCUT2D eigenvalue weighted by Crippen LogP contribution is 2.37. The molecule has 0 spiro atoms. The van der Waals surface area contributed by atoms with Crippen molar-refractivity contribution in [1.82, 2.24) is 0 Å². The van der Waals surface area contributed by atoms with Crippen LogP contribution in [0.1, 0.15) is 12.5 Å². The molecule has 1 rings (SSSR count). The van der Waals surface area contributed by atoms with Crippen molar-refractivity contribution < 1.29 is 18.0 Å². The van der Waals surface area contributed by atoms with Gasteiger partial charge in [-0.25, -0.2) is 0 Å². The van der Waals surface area contributed by atoms with Gasteiger partial charge < -0.3 is 0 Å². The molecule has 0 unspecified atom stereocenters. The summed E-state index contributed by atoms with van der Waals surface area (Å²) >= 11 is 1.79. The molecule has 1 nitrogen and oxygen atoms in total. The van der Waals surface area contributed by atoms with Crippen molar-refractivity contribution in [2.45, 2.75) is 23.7 Å². The number of rotatable bonds is 3. The second-order valence-electron chi connectivity index (χ2n) is 3.18. The van der Waals surface area contributed by atoms with Crippen LogP contribution in [0.2, 0.25) is 0 Å². The van der Waals surface area contributed by atoms with Crippen molar-refractivity contribution in [3.63, 3.8) is 0 Å². The molecule has 0 N–H and O–H groups in total. The quantitative estimate of drug-likeness (QED) is 0.598. The first-order chi connectivity index (χ1) is 7.28. The van der Waals surface area contributed by atoms with Crippen LogP contribution in [0.15, 0.2) is 23.1 Å². The first-order valence-corrected chi connectivity index (χ1v) is 6.21. The van der Waals surface area contributed by atoms with Crippen molar-refractivity contribution in [2.75, 3.05) is 0 Å². The number of Topliss-reactive ketones (excluding diaryl/α,β-unsaturated/α-hetero) is 1. The molecule has 0 aliphatic rings. The van der Waals surface area contributed by atoms with E-state index in [1.165, 1.54) is 19.1 Å². The van der Waals surface area contributed by atoms with Crippen LogP contribution in [0.5, 0.6) is 0 Å². The summed E-state index contributed by atoms with van der Waals surface area (Å²) < 4.78 is 37.0. The summed E-state index contributed by atoms with van der Waals surface area (Å²) in [7, 11) is 0. The van der Waals surface area contributed by atoms with Gasteiger partial charge in [0.1, 0.15) is 5.78 Å². The van der Waals surface area contributed by atoms with Gasteiger partial charge in [-0.2, -0.15) is 13.2 Å². The molecule has 0 aromatic heterocycles. The zero-order chi connectivity index (χ0) is 12.3. The molecule has 0 radical (unpaired) electrons. The molecule has 0 fully saturated rings. The number of hydrogen-bond acceptors (Lipinski definition) is 2. The third-order valence-electron chi connectivity index (χ3n) is 1.70. The molecular formula is C10H8F3IOS. The lowest BCUT2D eigenvalue weighted by atomic mass is 10.1. The molecule has 88 valence electrons. The minimum atomic E-state index is -4.27. The first-order valence-electron chi connectivity index (χ1n) is 4.31. The van der Waals surface area contributed by atoms with E-state index in [4.69, 9.17) is 0 Å². The van der Waals surface area contributed by atoms with Crippen LogP contribution in [-0.2, 0) is 11.2 Å². The zero-order valence-electron chi connectivity index (χ0n) is 8.27. The molecular weight excluding hydrogens is 352 g/mol. The molecule has 0 amide bonds. The fraction of sp³-hybridized carbons (Fsp3) is 0.300. The highest BCUT2D eigenvalue weighted by atomic mass is 127. The Hall–Kier alpha value is -0.240. The predicted molar refractivity (Wildman–Crippen MR) is 65.5 cm³/mol. The molecule has 0 saturated carbocycles. The van der Waals surface area contributed by atoms with Crippen LogP contribution in [0.3, 0.4) is 0 Å². The van der Waals surface area contributed by atoms with Gasteiger partial charge in [0.25, 0.3) is 0 Å². The summed E-state index contributed by atoms with van der Waals surface area (Å²) in [6.07, 6.45) is 0.259. The van der Waals surface area contributed by atoms with E-state index in [1.54, 1.807) is 6.07 Å². The lowest BCUT2D eigenvalue weighted by Crippen LogP contribution is -2.01. The summed E-state index contributed by atoms with van der Waals surface area (Å²) in [5.41, 5.74) is -3.51. The predicted octanol–water partition coefficient (Wildman–Crippen LogP) is 4.03. The zero-order valence-corrected chi connectivity index (χ0v) is 11.2. The topological polar surface area (TPSA) is 17.1 Å². The number of carbonyl (C=O) groups excluding carboxylic acids is 1. The number of benzene rings is 1. The van der Waals surface area contributed by atoms with Crippen LogP contribution in [0.25, 0.3) is 0 Å². The van der Waals surface area contributed by atoms with Gasteiger partial charge in [0.15, 0.2) is 0 Å². The number of thioether (sulfide) groups is 1. The minimum Gasteiger partial charge on any atom is -0.300 e. The van der Waals surface area contributed by atoms with E-state index in [0.29, 0.717) is 3.57 Å². The Morgan fingerprint density at radius 1 is 1.44 bits per heavy atom. The number of alkyl halides is 3. The smallest absolute Gasteiger partial charge is 0.300 e. The van der Waals surface area contributed by atoms with E-state index in [1.807, 2.05) is 22.6 Å². The lowest BCUT2D eigenvalue weighted by Gasteiger charge is -2.08. The van der Waals surface area contributed by atoms with Crippen molar-refractivity contribution >= 4 is 40.1 Å². The van der Waals surface area contributed by atoms with E-state index in [9.17, 15) is 18.0 Å². The van der Waals surface area contributed by atoms with Crippen molar-refractivity contribution in [1.29, 1.82) is 0 Å². The number of hydrogen-bond donors (Lipinski definition) is 0. The molecule has 6 heteroatoms. The molecule has 0 aliphatic heterocycles. The van der Waals surface area contributed by atoms with Crippen LogP contribution < -0.4 is 0 Å². The van der Waals surface area contributed by atoms with Gasteiger partial charge in [-0.1, -0.05) is 6.07 Å². The fourth-order valence-corrected chi connectivity index (χ4v) is 2.63. The second-order valence-corrected chi connectivity index (χ2v) is 5.48. The van der Waals surface area contributed by atoms with E-state index < -0.39 is 5.51 Å². The first kappa shape index (κ1) is 13.8. The average Bonchev–Trinajstić information content (AvgIpc) is 2.06. The standard InChI is InChI=1S/C10H8F3IOS/c1-6(15)4-7-2-3-8(5-9(7)14)16-10(11,12)13/h2-3,5H,4H2,1H3. The summed E-state index contributed by atoms with van der Waals surface area (Å²) in [5.74, 6) is -0.00543. The maximum atomic E-state index is 12.1. The maximum absolute atomic E-state index is 12.1. The largest absolute Gasteiger partial charge is 0.446 e. The third kappa shape index (κ3) is 4.73. The summed E-state index contributed by atoms with van der Waals surface area (Å²) in [6.45, 7) is 1.45. The minimum absolute atomic E-state index is 0.00543. The van der Waals surface area contributed by atoms with Crippen LogP contribution in [0.4, 0.5) is 13.2 Å². The molecule has 0 aliphatic carbocycles. The van der Waals surface area contributed by atoms with Crippen molar-refractivity contribution in [3.8, 4) is 0 Å². The number of ketones is 1. The number of carbonyl (C=O) groups is 1. The molecule has 16 heavy (non-hydrogen) atoms. The molecule has 0 bridgehead atoms. The SMILES string of the molecule is CC(=O)Cc1ccc(SC(F)(F)F)cc1I. The summed E-state index contributed by atoms with van der Waals surface area (Å²) in [4.78, 5) is 11.0. The van der Waals surface area contributed by atoms with Gasteiger partial charge >= 0.3 is 5.51 Å². The van der Waals surface area contributed by atoms with Crippen LogP contribution in [-0.4, -0.2) is 11.3 Å². The van der Waals surface area contributed by atoms with E-state index in [2.05, 4.69) is 0 Å². The Kier molecular flexibility index (Phi) is 4.66. The van der Waals surface area contributed by atoms with Crippen LogP contribution in [0, 0.1) is 3.57 Å². The Bertz CT molecular complexity index is 404. The lowest BCUT2D eigenvalue weighted by molar-refractivity contribution is -0.116. The van der Waals surface area contributed by atoms with Gasteiger partial charge in [0.05, 0.1) is 0 Å². The Morgan fingerprint density at radius 3 is 2.50 bits per heavy atom. The van der Waals surface area contributed by atoms with Crippen molar-refractivity contribution in [2.24, 2.45) is 0 Å².